The standard InChI is InChI=1S/C19H16F3NO5/c20-19(21,22)17(25)28-16(24)15(11-13-7-3-1-4-8-13)23-18(26)27-12-14-9-5-2-6-10-14/h1-10,15H,11-12H2,(H,23,26)/t15-/m0/s1. The van der Waals surface area contributed by atoms with Gasteiger partial charge in [-0.2, -0.15) is 13.2 Å². The molecule has 0 aliphatic carbocycles. The molecule has 2 rings (SSSR count). The molecule has 2 aromatic carbocycles. The Balaban J connectivity index is 2.03. The summed E-state index contributed by atoms with van der Waals surface area (Å²) in [4.78, 5) is 34.9. The van der Waals surface area contributed by atoms with Gasteiger partial charge in [0.25, 0.3) is 0 Å². The van der Waals surface area contributed by atoms with Gasteiger partial charge in [-0.25, -0.2) is 14.4 Å². The van der Waals surface area contributed by atoms with Crippen molar-refractivity contribution in [2.75, 3.05) is 0 Å². The Bertz CT molecular complexity index is 809. The Morgan fingerprint density at radius 1 is 0.893 bits per heavy atom. The molecule has 148 valence electrons. The number of carbonyl (C=O) groups excluding carboxylic acids is 3. The lowest BCUT2D eigenvalue weighted by Gasteiger charge is -2.17. The minimum Gasteiger partial charge on any atom is -0.445 e. The molecule has 0 fully saturated rings. The van der Waals surface area contributed by atoms with Crippen LogP contribution in [0.25, 0.3) is 0 Å². The van der Waals surface area contributed by atoms with Crippen LogP contribution in [-0.2, 0) is 32.1 Å². The van der Waals surface area contributed by atoms with Gasteiger partial charge in [0.2, 0.25) is 0 Å². The highest BCUT2D eigenvalue weighted by Gasteiger charge is 2.43. The van der Waals surface area contributed by atoms with E-state index in [0.717, 1.165) is 0 Å². The van der Waals surface area contributed by atoms with Crippen molar-refractivity contribution in [2.45, 2.75) is 25.2 Å². The number of rotatable bonds is 6. The van der Waals surface area contributed by atoms with E-state index in [1.165, 1.54) is 0 Å². The largest absolute Gasteiger partial charge is 0.491 e. The van der Waals surface area contributed by atoms with Crippen LogP contribution in [-0.4, -0.2) is 30.2 Å². The fourth-order valence-electron chi connectivity index (χ4n) is 2.17. The highest BCUT2D eigenvalue weighted by molar-refractivity contribution is 5.92. The second kappa shape index (κ2) is 9.54. The molecular weight excluding hydrogens is 379 g/mol. The van der Waals surface area contributed by atoms with Crippen molar-refractivity contribution in [2.24, 2.45) is 0 Å². The maximum Gasteiger partial charge on any atom is 0.491 e. The lowest BCUT2D eigenvalue weighted by molar-refractivity contribution is -0.202. The number of halogens is 3. The van der Waals surface area contributed by atoms with Crippen LogP contribution in [0.1, 0.15) is 11.1 Å². The minimum atomic E-state index is -5.33. The molecule has 0 aromatic heterocycles. The molecule has 28 heavy (non-hydrogen) atoms. The second-order valence-electron chi connectivity index (χ2n) is 5.65. The SMILES string of the molecule is O=C(N[C@@H](Cc1ccccc1)C(=O)OC(=O)C(F)(F)F)OCc1ccccc1. The molecule has 2 aromatic rings. The van der Waals surface area contributed by atoms with Gasteiger partial charge in [-0.1, -0.05) is 60.7 Å². The van der Waals surface area contributed by atoms with Crippen LogP contribution in [0.2, 0.25) is 0 Å². The number of esters is 2. The number of ether oxygens (including phenoxy) is 2. The Kier molecular flexibility index (Phi) is 7.14. The number of alkyl carbamates (subject to hydrolysis) is 1. The summed E-state index contributed by atoms with van der Waals surface area (Å²) in [5.41, 5.74) is 1.21. The number of amides is 1. The fraction of sp³-hybridized carbons (Fsp3) is 0.211. The van der Waals surface area contributed by atoms with Crippen LogP contribution in [0, 0.1) is 0 Å². The molecule has 0 spiro atoms. The molecule has 0 radical (unpaired) electrons. The summed E-state index contributed by atoms with van der Waals surface area (Å²) in [5, 5.41) is 2.14. The van der Waals surface area contributed by atoms with Crippen LogP contribution < -0.4 is 5.32 Å². The quantitative estimate of drug-likeness (QED) is 0.600. The number of hydrogen-bond acceptors (Lipinski definition) is 5. The van der Waals surface area contributed by atoms with E-state index in [1.807, 2.05) is 0 Å². The summed E-state index contributed by atoms with van der Waals surface area (Å²) in [5.74, 6) is -4.20. The third-order valence-corrected chi connectivity index (χ3v) is 3.50. The summed E-state index contributed by atoms with van der Waals surface area (Å²) in [6.07, 6.45) is -6.56. The van der Waals surface area contributed by atoms with Gasteiger partial charge >= 0.3 is 24.2 Å². The molecular formula is C19H16F3NO5. The molecule has 1 atom stereocenters. The lowest BCUT2D eigenvalue weighted by Crippen LogP contribution is -2.45. The average molecular weight is 395 g/mol. The highest BCUT2D eigenvalue weighted by atomic mass is 19.4. The van der Waals surface area contributed by atoms with Gasteiger partial charge in [0, 0.05) is 6.42 Å². The second-order valence-corrected chi connectivity index (χ2v) is 5.65. The zero-order chi connectivity index (χ0) is 20.6. The summed E-state index contributed by atoms with van der Waals surface area (Å²) in [7, 11) is 0. The van der Waals surface area contributed by atoms with Gasteiger partial charge in [-0.3, -0.25) is 0 Å². The molecule has 0 heterocycles. The van der Waals surface area contributed by atoms with Crippen molar-refractivity contribution >= 4 is 18.0 Å². The van der Waals surface area contributed by atoms with Crippen LogP contribution in [0.5, 0.6) is 0 Å². The van der Waals surface area contributed by atoms with E-state index in [4.69, 9.17) is 4.74 Å². The predicted molar refractivity (Wildman–Crippen MR) is 90.9 cm³/mol. The lowest BCUT2D eigenvalue weighted by atomic mass is 10.1. The first-order chi connectivity index (χ1) is 13.3. The maximum atomic E-state index is 12.3. The smallest absolute Gasteiger partial charge is 0.445 e. The molecule has 0 saturated carbocycles. The van der Waals surface area contributed by atoms with Crippen molar-refractivity contribution in [3.05, 3.63) is 71.8 Å². The highest BCUT2D eigenvalue weighted by Crippen LogP contribution is 2.17. The summed E-state index contributed by atoms with van der Waals surface area (Å²) in [6.45, 7) is -0.110. The van der Waals surface area contributed by atoms with Crippen molar-refractivity contribution < 1.29 is 37.0 Å². The summed E-state index contributed by atoms with van der Waals surface area (Å²) < 4.78 is 45.8. The van der Waals surface area contributed by atoms with E-state index >= 15 is 0 Å². The van der Waals surface area contributed by atoms with E-state index < -0.39 is 30.2 Å². The number of nitrogens with one attached hydrogen (secondary N) is 1. The average Bonchev–Trinajstić information content (AvgIpc) is 2.66. The van der Waals surface area contributed by atoms with Gasteiger partial charge < -0.3 is 14.8 Å². The number of hydrogen-bond donors (Lipinski definition) is 1. The van der Waals surface area contributed by atoms with Crippen molar-refractivity contribution in [3.63, 3.8) is 0 Å². The van der Waals surface area contributed by atoms with Crippen LogP contribution in [0.15, 0.2) is 60.7 Å². The molecule has 9 heteroatoms. The first-order valence-corrected chi connectivity index (χ1v) is 8.09. The first kappa shape index (κ1) is 20.9. The monoisotopic (exact) mass is 395 g/mol. The molecule has 0 bridgehead atoms. The van der Waals surface area contributed by atoms with Gasteiger partial charge in [0.1, 0.15) is 12.6 Å². The zero-order valence-electron chi connectivity index (χ0n) is 14.4. The number of alkyl halides is 3. The van der Waals surface area contributed by atoms with E-state index in [-0.39, 0.29) is 13.0 Å². The van der Waals surface area contributed by atoms with E-state index in [2.05, 4.69) is 10.1 Å². The van der Waals surface area contributed by atoms with E-state index in [1.54, 1.807) is 60.7 Å². The van der Waals surface area contributed by atoms with Gasteiger partial charge in [0.05, 0.1) is 0 Å². The molecule has 0 unspecified atom stereocenters. The molecule has 1 amide bonds. The summed E-state index contributed by atoms with van der Waals surface area (Å²) >= 11 is 0. The zero-order valence-corrected chi connectivity index (χ0v) is 14.4. The Morgan fingerprint density at radius 3 is 1.96 bits per heavy atom. The van der Waals surface area contributed by atoms with Crippen LogP contribution >= 0.6 is 0 Å². The number of benzene rings is 2. The predicted octanol–water partition coefficient (Wildman–Crippen LogP) is 3.16. The number of carbonyl (C=O) groups is 3. The van der Waals surface area contributed by atoms with Crippen LogP contribution in [0.4, 0.5) is 18.0 Å². The maximum absolute atomic E-state index is 12.3. The third kappa shape index (κ3) is 6.75. The topological polar surface area (TPSA) is 81.7 Å². The normalized spacial score (nSPS) is 12.0. The van der Waals surface area contributed by atoms with Crippen molar-refractivity contribution in [1.82, 2.24) is 5.32 Å². The molecule has 0 aliphatic rings. The van der Waals surface area contributed by atoms with E-state index in [0.29, 0.717) is 11.1 Å². The minimum absolute atomic E-state index is 0.110. The third-order valence-electron chi connectivity index (χ3n) is 3.50. The Morgan fingerprint density at radius 2 is 1.43 bits per heavy atom. The van der Waals surface area contributed by atoms with Gasteiger partial charge in [0.15, 0.2) is 0 Å². The summed E-state index contributed by atoms with van der Waals surface area (Å²) in [6, 6.07) is 15.3. The first-order valence-electron chi connectivity index (χ1n) is 8.09. The molecule has 0 saturated heterocycles. The van der Waals surface area contributed by atoms with Crippen molar-refractivity contribution in [1.29, 1.82) is 0 Å². The van der Waals surface area contributed by atoms with E-state index in [9.17, 15) is 27.6 Å². The molecule has 0 aliphatic heterocycles. The van der Waals surface area contributed by atoms with Crippen molar-refractivity contribution in [3.8, 4) is 0 Å². The Labute approximate surface area is 158 Å². The fourth-order valence-corrected chi connectivity index (χ4v) is 2.17. The molecule has 6 nitrogen and oxygen atoms in total. The molecule has 1 N–H and O–H groups in total. The van der Waals surface area contributed by atoms with Gasteiger partial charge in [-0.05, 0) is 11.1 Å². The van der Waals surface area contributed by atoms with Gasteiger partial charge in [-0.15, -0.1) is 0 Å². The van der Waals surface area contributed by atoms with Crippen LogP contribution in [0.3, 0.4) is 0 Å². The Hall–Kier alpha value is -3.36.